The number of benzene rings is 2. The molecule has 1 fully saturated rings. The van der Waals surface area contributed by atoms with Crippen LogP contribution in [-0.2, 0) is 11.2 Å². The van der Waals surface area contributed by atoms with Crippen molar-refractivity contribution in [1.29, 1.82) is 0 Å². The molecule has 0 N–H and O–H groups in total. The SMILES string of the molecule is CN(C)[C@@H]1CO[C@H]2c3cc(F)ccc3Cc3ccccc3[C@H]2C1. The monoisotopic (exact) mass is 311 g/mol. The lowest BCUT2D eigenvalue weighted by Gasteiger charge is -2.39. The maximum Gasteiger partial charge on any atom is 0.123 e. The van der Waals surface area contributed by atoms with Crippen LogP contribution in [-0.4, -0.2) is 31.6 Å². The summed E-state index contributed by atoms with van der Waals surface area (Å²) in [5.41, 5.74) is 4.93. The highest BCUT2D eigenvalue weighted by Crippen LogP contribution is 2.46. The summed E-state index contributed by atoms with van der Waals surface area (Å²) in [7, 11) is 4.20. The smallest absolute Gasteiger partial charge is 0.123 e. The Hall–Kier alpha value is -1.71. The second kappa shape index (κ2) is 5.73. The van der Waals surface area contributed by atoms with E-state index in [0.29, 0.717) is 12.6 Å². The highest BCUT2D eigenvalue weighted by Gasteiger charge is 2.38. The number of fused-ring (bicyclic) bond motifs is 5. The molecule has 1 saturated heterocycles. The van der Waals surface area contributed by atoms with Crippen LogP contribution in [0.15, 0.2) is 42.5 Å². The molecular formula is C20H22FNO. The van der Waals surface area contributed by atoms with E-state index < -0.39 is 0 Å². The number of halogens is 1. The molecule has 2 nitrogen and oxygen atoms in total. The molecule has 23 heavy (non-hydrogen) atoms. The summed E-state index contributed by atoms with van der Waals surface area (Å²) in [5, 5.41) is 0. The summed E-state index contributed by atoms with van der Waals surface area (Å²) in [6.45, 7) is 0.701. The second-order valence-corrected chi connectivity index (χ2v) is 6.93. The number of ether oxygens (including phenoxy) is 1. The Bertz CT molecular complexity index is 727. The summed E-state index contributed by atoms with van der Waals surface area (Å²) in [4.78, 5) is 2.23. The fourth-order valence-electron chi connectivity index (χ4n) is 4.03. The third-order valence-corrected chi connectivity index (χ3v) is 5.34. The van der Waals surface area contributed by atoms with Crippen molar-refractivity contribution in [3.63, 3.8) is 0 Å². The molecule has 0 saturated carbocycles. The average molecular weight is 311 g/mol. The van der Waals surface area contributed by atoms with Crippen LogP contribution in [0.3, 0.4) is 0 Å². The van der Waals surface area contributed by atoms with Crippen molar-refractivity contribution in [3.05, 3.63) is 70.5 Å². The van der Waals surface area contributed by atoms with Gasteiger partial charge in [0, 0.05) is 12.0 Å². The number of hydrogen-bond acceptors (Lipinski definition) is 2. The molecule has 2 aromatic carbocycles. The van der Waals surface area contributed by atoms with E-state index in [1.807, 2.05) is 6.07 Å². The van der Waals surface area contributed by atoms with Crippen molar-refractivity contribution >= 4 is 0 Å². The highest BCUT2D eigenvalue weighted by molar-refractivity contribution is 5.44. The molecule has 0 aromatic heterocycles. The quantitative estimate of drug-likeness (QED) is 0.792. The first-order valence-electron chi connectivity index (χ1n) is 8.27. The van der Waals surface area contributed by atoms with E-state index in [1.165, 1.54) is 16.7 Å². The molecule has 0 spiro atoms. The number of rotatable bonds is 1. The molecule has 4 rings (SSSR count). The van der Waals surface area contributed by atoms with Crippen LogP contribution in [0.2, 0.25) is 0 Å². The van der Waals surface area contributed by atoms with Crippen molar-refractivity contribution in [2.75, 3.05) is 20.7 Å². The fraction of sp³-hybridized carbons (Fsp3) is 0.400. The Labute approximate surface area is 136 Å². The van der Waals surface area contributed by atoms with Crippen molar-refractivity contribution in [2.24, 2.45) is 0 Å². The lowest BCUT2D eigenvalue weighted by molar-refractivity contribution is -0.0423. The number of hydrogen-bond donors (Lipinski definition) is 0. The van der Waals surface area contributed by atoms with Gasteiger partial charge in [0.15, 0.2) is 0 Å². The summed E-state index contributed by atoms with van der Waals surface area (Å²) in [5.74, 6) is 0.113. The Kier molecular flexibility index (Phi) is 3.70. The maximum absolute atomic E-state index is 13.9. The average Bonchev–Trinajstić information content (AvgIpc) is 2.69. The zero-order chi connectivity index (χ0) is 16.0. The van der Waals surface area contributed by atoms with Gasteiger partial charge >= 0.3 is 0 Å². The molecule has 3 heteroatoms. The lowest BCUT2D eigenvalue weighted by atomic mass is 9.82. The highest BCUT2D eigenvalue weighted by atomic mass is 19.1. The number of nitrogens with zero attached hydrogens (tertiary/aromatic N) is 1. The van der Waals surface area contributed by atoms with Crippen LogP contribution in [0, 0.1) is 5.82 Å². The first-order chi connectivity index (χ1) is 11.1. The van der Waals surface area contributed by atoms with Crippen LogP contribution >= 0.6 is 0 Å². The van der Waals surface area contributed by atoms with Gasteiger partial charge in [-0.1, -0.05) is 30.3 Å². The van der Waals surface area contributed by atoms with E-state index in [2.05, 4.69) is 43.3 Å². The molecule has 0 radical (unpaired) electrons. The molecule has 0 bridgehead atoms. The summed E-state index contributed by atoms with van der Waals surface area (Å²) < 4.78 is 20.1. The first-order valence-corrected chi connectivity index (χ1v) is 8.27. The van der Waals surface area contributed by atoms with E-state index in [0.717, 1.165) is 18.4 Å². The van der Waals surface area contributed by atoms with Gasteiger partial charge in [-0.2, -0.15) is 0 Å². The van der Waals surface area contributed by atoms with Crippen LogP contribution in [0.1, 0.15) is 40.7 Å². The van der Waals surface area contributed by atoms with Gasteiger partial charge in [-0.15, -0.1) is 0 Å². The van der Waals surface area contributed by atoms with Gasteiger partial charge in [0.05, 0.1) is 12.7 Å². The van der Waals surface area contributed by atoms with Gasteiger partial charge in [-0.3, -0.25) is 0 Å². The minimum atomic E-state index is -0.174. The zero-order valence-electron chi connectivity index (χ0n) is 13.6. The van der Waals surface area contributed by atoms with Gasteiger partial charge in [-0.25, -0.2) is 4.39 Å². The molecule has 3 atom stereocenters. The lowest BCUT2D eigenvalue weighted by Crippen LogP contribution is -2.40. The van der Waals surface area contributed by atoms with Crippen LogP contribution in [0.4, 0.5) is 4.39 Å². The minimum absolute atomic E-state index is 0.0412. The normalized spacial score (nSPS) is 26.2. The van der Waals surface area contributed by atoms with E-state index in [1.54, 1.807) is 12.1 Å². The molecule has 1 heterocycles. The second-order valence-electron chi connectivity index (χ2n) is 6.93. The zero-order valence-corrected chi connectivity index (χ0v) is 13.6. The van der Waals surface area contributed by atoms with Gasteiger partial charge in [0.2, 0.25) is 0 Å². The van der Waals surface area contributed by atoms with E-state index >= 15 is 0 Å². The third-order valence-electron chi connectivity index (χ3n) is 5.34. The largest absolute Gasteiger partial charge is 0.371 e. The van der Waals surface area contributed by atoms with Crippen LogP contribution in [0.5, 0.6) is 0 Å². The molecule has 0 amide bonds. The molecule has 0 unspecified atom stereocenters. The summed E-state index contributed by atoms with van der Waals surface area (Å²) in [6.07, 6.45) is 1.86. The van der Waals surface area contributed by atoms with E-state index in [9.17, 15) is 4.39 Å². The topological polar surface area (TPSA) is 12.5 Å². The van der Waals surface area contributed by atoms with E-state index in [4.69, 9.17) is 4.74 Å². The summed E-state index contributed by atoms with van der Waals surface area (Å²) in [6, 6.07) is 14.2. The van der Waals surface area contributed by atoms with Crippen molar-refractivity contribution in [2.45, 2.75) is 30.9 Å². The number of likely N-dealkylation sites (N-methyl/N-ethyl adjacent to an activating group) is 1. The van der Waals surface area contributed by atoms with Crippen molar-refractivity contribution in [1.82, 2.24) is 4.90 Å². The molecule has 120 valence electrons. The van der Waals surface area contributed by atoms with Gasteiger partial charge in [0.25, 0.3) is 0 Å². The summed E-state index contributed by atoms with van der Waals surface area (Å²) >= 11 is 0. The van der Waals surface area contributed by atoms with Gasteiger partial charge < -0.3 is 9.64 Å². The predicted octanol–water partition coefficient (Wildman–Crippen LogP) is 3.91. The molecule has 1 aliphatic carbocycles. The Morgan fingerprint density at radius 3 is 2.65 bits per heavy atom. The Balaban J connectivity index is 1.84. The maximum atomic E-state index is 13.9. The van der Waals surface area contributed by atoms with E-state index in [-0.39, 0.29) is 17.8 Å². The fourth-order valence-corrected chi connectivity index (χ4v) is 4.03. The molecular weight excluding hydrogens is 289 g/mol. The first kappa shape index (κ1) is 14.9. The van der Waals surface area contributed by atoms with Crippen molar-refractivity contribution < 1.29 is 9.13 Å². The van der Waals surface area contributed by atoms with Crippen molar-refractivity contribution in [3.8, 4) is 0 Å². The van der Waals surface area contributed by atoms with Gasteiger partial charge in [-0.05, 0) is 61.3 Å². The predicted molar refractivity (Wildman–Crippen MR) is 89.2 cm³/mol. The minimum Gasteiger partial charge on any atom is -0.371 e. The third kappa shape index (κ3) is 2.58. The molecule has 2 aromatic rings. The van der Waals surface area contributed by atoms with Crippen LogP contribution in [0.25, 0.3) is 0 Å². The molecule has 2 aliphatic rings. The Morgan fingerprint density at radius 2 is 1.83 bits per heavy atom. The molecule has 1 aliphatic heterocycles. The standard InChI is InChI=1S/C20H22FNO/c1-22(2)16-11-19-17-6-4-3-5-13(17)9-14-7-8-15(21)10-18(14)20(19)23-12-16/h3-8,10,16,19-20H,9,11-12H2,1-2H3/t16-,19+,20-/m0/s1. The Morgan fingerprint density at radius 1 is 1.04 bits per heavy atom. The van der Waals surface area contributed by atoms with Crippen LogP contribution < -0.4 is 0 Å². The van der Waals surface area contributed by atoms with Gasteiger partial charge in [0.1, 0.15) is 5.82 Å².